The van der Waals surface area contributed by atoms with Gasteiger partial charge in [0.2, 0.25) is 5.78 Å². The summed E-state index contributed by atoms with van der Waals surface area (Å²) < 4.78 is 11.6. The molecule has 5 nitrogen and oxygen atoms in total. The summed E-state index contributed by atoms with van der Waals surface area (Å²) in [6.45, 7) is 5.18. The quantitative estimate of drug-likeness (QED) is 0.810. The van der Waals surface area contributed by atoms with Crippen molar-refractivity contribution in [1.82, 2.24) is 0 Å². The Labute approximate surface area is 165 Å². The minimum absolute atomic E-state index is 0.0550. The molecule has 0 bridgehead atoms. The largest absolute Gasteiger partial charge is 0.872 e. The molecule has 0 aliphatic carbocycles. The van der Waals surface area contributed by atoms with Crippen molar-refractivity contribution < 1.29 is 24.3 Å². The molecule has 4 rings (SSSR count). The Hall–Kier alpha value is -2.79. The smallest absolute Gasteiger partial charge is 0.231 e. The summed E-state index contributed by atoms with van der Waals surface area (Å²) in [5.41, 5.74) is 1.88. The number of para-hydroxylation sites is 1. The molecule has 0 atom stereocenters. The number of ether oxygens (including phenoxy) is 2. The van der Waals surface area contributed by atoms with E-state index < -0.39 is 0 Å². The fourth-order valence-electron chi connectivity index (χ4n) is 3.96. The van der Waals surface area contributed by atoms with Gasteiger partial charge in [-0.1, -0.05) is 30.0 Å². The Morgan fingerprint density at radius 3 is 2.71 bits per heavy atom. The number of hydrogen-bond acceptors (Lipinski definition) is 4. The molecule has 2 aromatic rings. The van der Waals surface area contributed by atoms with Crippen LogP contribution in [0.2, 0.25) is 0 Å². The summed E-state index contributed by atoms with van der Waals surface area (Å²) >= 11 is 0. The number of ketones is 1. The molecular weight excluding hydrogens is 354 g/mol. The highest BCUT2D eigenvalue weighted by molar-refractivity contribution is 6.15. The summed E-state index contributed by atoms with van der Waals surface area (Å²) in [6.07, 6.45) is 5.31. The summed E-state index contributed by atoms with van der Waals surface area (Å²) in [7, 11) is 0. The fraction of sp³-hybridized carbons (Fsp3) is 0.348. The van der Waals surface area contributed by atoms with Gasteiger partial charge in [-0.15, -0.1) is 0 Å². The third-order valence-corrected chi connectivity index (χ3v) is 5.39. The standard InChI is InChI=1S/C23H25NO4/c1-2-27-20-9-5-4-8-16(20)14-21-22(26)17-10-11-19(25)18(23(17)28-21)15-24-12-6-3-7-13-24/h4-5,8-11,14,25H,2-3,6-7,12-13,15H2,1H3/b21-14-. The maximum Gasteiger partial charge on any atom is 0.231 e. The summed E-state index contributed by atoms with van der Waals surface area (Å²) in [5.74, 6) is 1.14. The van der Waals surface area contributed by atoms with E-state index in [0.29, 0.717) is 35.8 Å². The topological polar surface area (TPSA) is 63.0 Å². The van der Waals surface area contributed by atoms with Gasteiger partial charge in [-0.25, -0.2) is 0 Å². The number of carbonyl (C=O) groups excluding carboxylic acids is 1. The molecule has 2 aromatic carbocycles. The highest BCUT2D eigenvalue weighted by Gasteiger charge is 2.31. The van der Waals surface area contributed by atoms with Crippen LogP contribution >= 0.6 is 0 Å². The molecule has 0 aromatic heterocycles. The molecule has 2 aliphatic rings. The Morgan fingerprint density at radius 2 is 1.93 bits per heavy atom. The van der Waals surface area contributed by atoms with Crippen LogP contribution in [0.15, 0.2) is 42.2 Å². The molecular formula is C23H25NO4. The number of nitrogens with one attached hydrogen (secondary N) is 1. The van der Waals surface area contributed by atoms with Crippen LogP contribution in [0, 0.1) is 0 Å². The number of quaternary nitrogens is 1. The molecule has 2 aliphatic heterocycles. The van der Waals surface area contributed by atoms with Gasteiger partial charge in [-0.05, 0) is 44.4 Å². The van der Waals surface area contributed by atoms with Crippen LogP contribution in [0.1, 0.15) is 47.7 Å². The molecule has 2 heterocycles. The van der Waals surface area contributed by atoms with Crippen molar-refractivity contribution in [3.05, 3.63) is 58.8 Å². The van der Waals surface area contributed by atoms with E-state index in [0.717, 1.165) is 18.7 Å². The molecule has 0 spiro atoms. The van der Waals surface area contributed by atoms with Crippen molar-refractivity contribution in [2.45, 2.75) is 32.7 Å². The third-order valence-electron chi connectivity index (χ3n) is 5.39. The van der Waals surface area contributed by atoms with Crippen LogP contribution < -0.4 is 19.5 Å². The van der Waals surface area contributed by atoms with Crippen LogP contribution in [0.4, 0.5) is 0 Å². The molecule has 146 valence electrons. The van der Waals surface area contributed by atoms with Crippen molar-refractivity contribution in [3.63, 3.8) is 0 Å². The Balaban J connectivity index is 1.65. The van der Waals surface area contributed by atoms with E-state index in [-0.39, 0.29) is 17.3 Å². The first-order chi connectivity index (χ1) is 13.7. The third kappa shape index (κ3) is 3.62. The number of allylic oxidation sites excluding steroid dienone is 1. The molecule has 0 saturated carbocycles. The second-order valence-corrected chi connectivity index (χ2v) is 7.32. The lowest BCUT2D eigenvalue weighted by Gasteiger charge is -2.26. The van der Waals surface area contributed by atoms with Crippen LogP contribution in [0.3, 0.4) is 0 Å². The zero-order valence-corrected chi connectivity index (χ0v) is 16.1. The van der Waals surface area contributed by atoms with Crippen molar-refractivity contribution in [1.29, 1.82) is 0 Å². The molecule has 0 radical (unpaired) electrons. The molecule has 1 N–H and O–H groups in total. The van der Waals surface area contributed by atoms with Crippen LogP contribution in [-0.4, -0.2) is 25.5 Å². The highest BCUT2D eigenvalue weighted by Crippen LogP contribution is 2.38. The van der Waals surface area contributed by atoms with E-state index in [4.69, 9.17) is 9.47 Å². The lowest BCUT2D eigenvalue weighted by Crippen LogP contribution is -3.11. The number of hydrogen-bond donors (Lipinski definition) is 1. The minimum Gasteiger partial charge on any atom is -0.872 e. The predicted molar refractivity (Wildman–Crippen MR) is 105 cm³/mol. The van der Waals surface area contributed by atoms with Gasteiger partial charge in [0.25, 0.3) is 0 Å². The number of carbonyl (C=O) groups is 1. The summed E-state index contributed by atoms with van der Waals surface area (Å²) in [4.78, 5) is 14.3. The Morgan fingerprint density at radius 1 is 1.14 bits per heavy atom. The van der Waals surface area contributed by atoms with Crippen molar-refractivity contribution in [3.8, 4) is 17.2 Å². The fourth-order valence-corrected chi connectivity index (χ4v) is 3.96. The number of likely N-dealkylation sites (tertiary alicyclic amines) is 1. The van der Waals surface area contributed by atoms with Gasteiger partial charge in [0, 0.05) is 11.1 Å². The van der Waals surface area contributed by atoms with E-state index in [1.807, 2.05) is 31.2 Å². The molecule has 1 fully saturated rings. The average Bonchev–Trinajstić information content (AvgIpc) is 3.02. The van der Waals surface area contributed by atoms with E-state index in [9.17, 15) is 9.90 Å². The Bertz CT molecular complexity index is 913. The molecule has 28 heavy (non-hydrogen) atoms. The maximum atomic E-state index is 12.9. The van der Waals surface area contributed by atoms with Crippen molar-refractivity contribution in [2.24, 2.45) is 0 Å². The minimum atomic E-state index is -0.184. The monoisotopic (exact) mass is 379 g/mol. The Kier molecular flexibility index (Phi) is 5.35. The van der Waals surface area contributed by atoms with Crippen molar-refractivity contribution in [2.75, 3.05) is 19.7 Å². The van der Waals surface area contributed by atoms with Crippen LogP contribution in [-0.2, 0) is 6.54 Å². The molecule has 1 saturated heterocycles. The maximum absolute atomic E-state index is 12.9. The lowest BCUT2D eigenvalue weighted by molar-refractivity contribution is -0.918. The van der Waals surface area contributed by atoms with Crippen molar-refractivity contribution >= 4 is 11.9 Å². The number of fused-ring (bicyclic) bond motifs is 1. The average molecular weight is 379 g/mol. The van der Waals surface area contributed by atoms with Gasteiger partial charge in [-0.3, -0.25) is 4.79 Å². The van der Waals surface area contributed by atoms with E-state index in [1.165, 1.54) is 30.2 Å². The number of benzene rings is 2. The molecule has 0 amide bonds. The van der Waals surface area contributed by atoms with Gasteiger partial charge >= 0.3 is 0 Å². The summed E-state index contributed by atoms with van der Waals surface area (Å²) in [6, 6.07) is 10.6. The van der Waals surface area contributed by atoms with E-state index >= 15 is 0 Å². The number of Topliss-reactive ketones (excluding diaryl/α,β-unsaturated/α-hetero) is 1. The number of piperidine rings is 1. The van der Waals surface area contributed by atoms with Gasteiger partial charge in [0.1, 0.15) is 18.0 Å². The molecule has 0 unspecified atom stereocenters. The van der Waals surface area contributed by atoms with Gasteiger partial charge in [-0.2, -0.15) is 0 Å². The van der Waals surface area contributed by atoms with E-state index in [1.54, 1.807) is 12.1 Å². The second kappa shape index (κ2) is 8.07. The van der Waals surface area contributed by atoms with Crippen LogP contribution in [0.5, 0.6) is 17.2 Å². The zero-order valence-electron chi connectivity index (χ0n) is 16.1. The first kappa shape index (κ1) is 18.6. The van der Waals surface area contributed by atoms with Crippen LogP contribution in [0.25, 0.3) is 6.08 Å². The normalized spacial score (nSPS) is 18.2. The number of rotatable bonds is 5. The summed E-state index contributed by atoms with van der Waals surface area (Å²) in [5, 5.41) is 12.5. The predicted octanol–water partition coefficient (Wildman–Crippen LogP) is 2.34. The van der Waals surface area contributed by atoms with Gasteiger partial charge < -0.3 is 19.5 Å². The van der Waals surface area contributed by atoms with E-state index in [2.05, 4.69) is 0 Å². The van der Waals surface area contributed by atoms with Gasteiger partial charge in [0.15, 0.2) is 5.76 Å². The zero-order chi connectivity index (χ0) is 19.5. The first-order valence-corrected chi connectivity index (χ1v) is 10.00. The second-order valence-electron chi connectivity index (χ2n) is 7.32. The lowest BCUT2D eigenvalue weighted by atomic mass is 10.0. The van der Waals surface area contributed by atoms with Gasteiger partial charge in [0.05, 0.1) is 25.3 Å². The highest BCUT2D eigenvalue weighted by atomic mass is 16.5. The molecule has 5 heteroatoms. The SMILES string of the molecule is CCOc1ccccc1/C=C1\Oc2c(ccc([O-])c2C[NH+]2CCCCC2)C1=O. The first-order valence-electron chi connectivity index (χ1n) is 10.00.